The lowest BCUT2D eigenvalue weighted by molar-refractivity contribution is -0.387. The topological polar surface area (TPSA) is 311 Å². The van der Waals surface area contributed by atoms with Gasteiger partial charge in [0.15, 0.2) is 0 Å². The summed E-state index contributed by atoms with van der Waals surface area (Å²) in [5, 5.41) is 106. The number of benzene rings is 1. The van der Waals surface area contributed by atoms with Crippen molar-refractivity contribution in [2.75, 3.05) is 19.8 Å². The van der Waals surface area contributed by atoms with Gasteiger partial charge in [0.2, 0.25) is 18.0 Å². The molecule has 236 valence electrons. The Morgan fingerprint density at radius 3 is 2.29 bits per heavy atom. The fourth-order valence-electron chi connectivity index (χ4n) is 4.41. The molecule has 11 atom stereocenters. The maximum atomic E-state index is 12.2. The number of nitrogens with one attached hydrogen (secondary N) is 1. The first-order chi connectivity index (χ1) is 19.7. The van der Waals surface area contributed by atoms with E-state index >= 15 is 0 Å². The number of rotatable bonds is 12. The summed E-state index contributed by atoms with van der Waals surface area (Å²) in [5.74, 6) is -6.16. The van der Waals surface area contributed by atoms with Gasteiger partial charge in [-0.3, -0.25) is 14.9 Å². The molecule has 4 unspecified atom stereocenters. The fraction of sp³-hybridized carbons (Fsp3) is 0.652. The number of carboxylic acids is 1. The van der Waals surface area contributed by atoms with Gasteiger partial charge in [-0.2, -0.15) is 0 Å². The summed E-state index contributed by atoms with van der Waals surface area (Å²) < 4.78 is 21.6. The van der Waals surface area contributed by atoms with E-state index in [2.05, 4.69) is 5.32 Å². The number of ether oxygens (including phenoxy) is 4. The molecule has 0 bridgehead atoms. The molecule has 2 heterocycles. The number of carbonyl (C=O) groups is 2. The van der Waals surface area contributed by atoms with Crippen LogP contribution in [0.15, 0.2) is 24.3 Å². The largest absolute Gasteiger partial charge is 0.544 e. The number of aliphatic hydroxyl groups is 8. The van der Waals surface area contributed by atoms with Crippen molar-refractivity contribution in [3.63, 3.8) is 0 Å². The van der Waals surface area contributed by atoms with Crippen molar-refractivity contribution in [2.24, 2.45) is 0 Å². The van der Waals surface area contributed by atoms with Crippen LogP contribution in [0.4, 0.5) is 5.69 Å². The molecule has 0 aliphatic carbocycles. The van der Waals surface area contributed by atoms with Crippen LogP contribution in [0.2, 0.25) is 0 Å². The first-order valence-electron chi connectivity index (χ1n) is 12.4. The van der Waals surface area contributed by atoms with E-state index in [9.17, 15) is 60.6 Å². The summed E-state index contributed by atoms with van der Waals surface area (Å²) in [7, 11) is 0. The lowest BCUT2D eigenvalue weighted by atomic mass is 9.88. The average Bonchev–Trinajstić information content (AvgIpc) is 2.97. The lowest BCUT2D eigenvalue weighted by Crippen LogP contribution is -2.70. The van der Waals surface area contributed by atoms with Crippen molar-refractivity contribution >= 4 is 17.6 Å². The summed E-state index contributed by atoms with van der Waals surface area (Å²) in [6.07, 6.45) is -17.9. The van der Waals surface area contributed by atoms with E-state index in [1.165, 1.54) is 0 Å². The number of hydrogen-bond acceptors (Lipinski definition) is 17. The normalized spacial score (nSPS) is 34.7. The van der Waals surface area contributed by atoms with Crippen LogP contribution in [-0.4, -0.2) is 144 Å². The van der Waals surface area contributed by atoms with Crippen molar-refractivity contribution in [2.45, 2.75) is 73.4 Å². The summed E-state index contributed by atoms with van der Waals surface area (Å²) in [4.78, 5) is 34.1. The number of nitro groups is 1. The Morgan fingerprint density at radius 2 is 1.74 bits per heavy atom. The van der Waals surface area contributed by atoms with Crippen LogP contribution >= 0.6 is 0 Å². The average molecular weight is 607 g/mol. The highest BCUT2D eigenvalue weighted by atomic mass is 16.7. The molecule has 42 heavy (non-hydrogen) atoms. The highest BCUT2D eigenvalue weighted by Gasteiger charge is 2.54. The second-order valence-corrected chi connectivity index (χ2v) is 9.58. The molecule has 3 rings (SSSR count). The molecule has 0 saturated carbocycles. The van der Waals surface area contributed by atoms with Gasteiger partial charge in [0, 0.05) is 18.6 Å². The number of non-ortho nitro benzene ring substituents is 1. The Labute approximate surface area is 236 Å². The Kier molecular flexibility index (Phi) is 11.1. The van der Waals surface area contributed by atoms with Gasteiger partial charge in [0.1, 0.15) is 61.1 Å². The monoisotopic (exact) mass is 607 g/mol. The third-order valence-electron chi connectivity index (χ3n) is 6.72. The van der Waals surface area contributed by atoms with Crippen LogP contribution in [0.1, 0.15) is 6.42 Å². The van der Waals surface area contributed by atoms with Crippen LogP contribution in [0, 0.1) is 10.1 Å². The van der Waals surface area contributed by atoms with Gasteiger partial charge in [0.05, 0.1) is 30.3 Å². The molecule has 2 saturated heterocycles. The zero-order valence-corrected chi connectivity index (χ0v) is 21.6. The van der Waals surface area contributed by atoms with Crippen molar-refractivity contribution in [3.05, 3.63) is 34.4 Å². The van der Waals surface area contributed by atoms with E-state index in [1.807, 2.05) is 0 Å². The van der Waals surface area contributed by atoms with Crippen molar-refractivity contribution in [3.8, 4) is 5.75 Å². The van der Waals surface area contributed by atoms with Crippen LogP contribution in [0.25, 0.3) is 0 Å². The van der Waals surface area contributed by atoms with E-state index < -0.39 is 110 Å². The molecule has 1 aromatic rings. The number of hydrogen-bond donors (Lipinski definition) is 9. The van der Waals surface area contributed by atoms with Crippen molar-refractivity contribution in [1.82, 2.24) is 5.32 Å². The van der Waals surface area contributed by atoms with E-state index in [0.717, 1.165) is 24.3 Å². The maximum absolute atomic E-state index is 12.2. The van der Waals surface area contributed by atoms with Gasteiger partial charge in [-0.15, -0.1) is 0 Å². The molecular formula is C23H31N2O17-. The Hall–Kier alpha value is -3.08. The molecule has 1 amide bonds. The number of aliphatic carboxylic acids is 1. The minimum Gasteiger partial charge on any atom is -0.544 e. The maximum Gasteiger partial charge on any atom is 0.269 e. The smallest absolute Gasteiger partial charge is 0.269 e. The second-order valence-electron chi connectivity index (χ2n) is 9.58. The number of carbonyl (C=O) groups excluding carboxylic acids is 2. The minimum absolute atomic E-state index is 0.0481. The number of nitrogens with zero attached hydrogens (tertiary/aromatic N) is 1. The third kappa shape index (κ3) is 7.27. The highest BCUT2D eigenvalue weighted by Crippen LogP contribution is 2.34. The number of aliphatic hydroxyl groups excluding tert-OH is 8. The first kappa shape index (κ1) is 33.4. The SMILES string of the molecule is O=C(CO)N[C@H]1C([C@H](O)[C@H](O)CO)O[C@@](OCC2O[C@@H](Oc3ccc([N+](=O)[O-])cc3)C(O)C(O)[C@H]2O)(C(=O)[O-])C[C@H]1O. The van der Waals surface area contributed by atoms with Crippen LogP contribution < -0.4 is 15.2 Å². The zero-order chi connectivity index (χ0) is 31.4. The van der Waals surface area contributed by atoms with E-state index in [0.29, 0.717) is 0 Å². The lowest BCUT2D eigenvalue weighted by Gasteiger charge is -2.49. The third-order valence-corrected chi connectivity index (χ3v) is 6.72. The minimum atomic E-state index is -2.93. The number of amides is 1. The zero-order valence-electron chi connectivity index (χ0n) is 21.6. The summed E-state index contributed by atoms with van der Waals surface area (Å²) in [5.41, 5.74) is -0.274. The summed E-state index contributed by atoms with van der Waals surface area (Å²) in [6, 6.07) is 2.88. The van der Waals surface area contributed by atoms with Gasteiger partial charge < -0.3 is 75.0 Å². The fourth-order valence-corrected chi connectivity index (χ4v) is 4.41. The van der Waals surface area contributed by atoms with Gasteiger partial charge in [0.25, 0.3) is 5.69 Å². The van der Waals surface area contributed by atoms with Gasteiger partial charge in [-0.25, -0.2) is 0 Å². The molecule has 2 aliphatic heterocycles. The van der Waals surface area contributed by atoms with Gasteiger partial charge in [-0.05, 0) is 12.1 Å². The predicted octanol–water partition coefficient (Wildman–Crippen LogP) is -6.41. The van der Waals surface area contributed by atoms with Crippen LogP contribution in [0.3, 0.4) is 0 Å². The second kappa shape index (κ2) is 13.9. The van der Waals surface area contributed by atoms with E-state index in [-0.39, 0.29) is 11.4 Å². The van der Waals surface area contributed by atoms with Crippen LogP contribution in [-0.2, 0) is 23.8 Å². The van der Waals surface area contributed by atoms with E-state index in [4.69, 9.17) is 24.1 Å². The summed E-state index contributed by atoms with van der Waals surface area (Å²) >= 11 is 0. The Bertz CT molecular complexity index is 1090. The van der Waals surface area contributed by atoms with Crippen LogP contribution in [0.5, 0.6) is 5.75 Å². The molecular weight excluding hydrogens is 576 g/mol. The summed E-state index contributed by atoms with van der Waals surface area (Å²) in [6.45, 7) is -3.05. The van der Waals surface area contributed by atoms with Crippen molar-refractivity contribution < 1.29 is 79.4 Å². The van der Waals surface area contributed by atoms with Crippen molar-refractivity contribution in [1.29, 1.82) is 0 Å². The molecule has 19 nitrogen and oxygen atoms in total. The first-order valence-corrected chi connectivity index (χ1v) is 12.4. The molecule has 19 heteroatoms. The highest BCUT2D eigenvalue weighted by molar-refractivity contribution is 5.77. The molecule has 0 aromatic heterocycles. The van der Waals surface area contributed by atoms with E-state index in [1.54, 1.807) is 0 Å². The molecule has 1 aromatic carbocycles. The Morgan fingerprint density at radius 1 is 1.10 bits per heavy atom. The molecule has 2 fully saturated rings. The standard InChI is InChI=1S/C23H32N2O17/c26-6-12(29)16(31)20-15(24-14(30)7-27)11(28)5-23(42-20,22(35)36)39-8-13-17(32)18(33)19(34)21(41-13)40-10-3-1-9(2-4-10)25(37)38/h1-4,11-13,15-21,26-29,31-34H,5-8H2,(H,24,30)(H,35,36)/p-1/t11-,12-,13?,15-,16-,17+,18?,19?,20?,21-,23-/m1/s1. The molecule has 2 aliphatic rings. The molecule has 9 N–H and O–H groups in total. The predicted molar refractivity (Wildman–Crippen MR) is 128 cm³/mol. The number of carboxylic acid groups (broad SMARTS) is 1. The quantitative estimate of drug-likeness (QED) is 0.0787. The Balaban J connectivity index is 1.81. The van der Waals surface area contributed by atoms with Gasteiger partial charge >= 0.3 is 0 Å². The number of nitro benzene ring substituents is 1. The molecule has 0 spiro atoms. The van der Waals surface area contributed by atoms with Gasteiger partial charge in [-0.1, -0.05) is 0 Å². The molecule has 0 radical (unpaired) electrons.